The van der Waals surface area contributed by atoms with E-state index < -0.39 is 12.1 Å². The first kappa shape index (κ1) is 15.8. The van der Waals surface area contributed by atoms with Gasteiger partial charge in [-0.15, -0.1) is 0 Å². The maximum Gasteiger partial charge on any atom is 0.490 e. The smallest absolute Gasteiger partial charge is 0.475 e. The van der Waals surface area contributed by atoms with E-state index in [2.05, 4.69) is 24.8 Å². The lowest BCUT2D eigenvalue weighted by Gasteiger charge is -2.20. The maximum absolute atomic E-state index is 10.6. The van der Waals surface area contributed by atoms with Gasteiger partial charge < -0.3 is 10.0 Å². The van der Waals surface area contributed by atoms with Crippen molar-refractivity contribution in [1.29, 1.82) is 0 Å². The van der Waals surface area contributed by atoms with Crippen molar-refractivity contribution in [3.8, 4) is 0 Å². The summed E-state index contributed by atoms with van der Waals surface area (Å²) in [6, 6.07) is 0. The molecule has 3 nitrogen and oxygen atoms in total. The van der Waals surface area contributed by atoms with Crippen molar-refractivity contribution < 1.29 is 23.1 Å². The Hall–Kier alpha value is -1.20. The Morgan fingerprint density at radius 1 is 1.47 bits per heavy atom. The third-order valence-electron chi connectivity index (χ3n) is 2.28. The molecule has 1 aliphatic heterocycles. The molecule has 0 amide bonds. The monoisotopic (exact) mass is 253 g/mol. The van der Waals surface area contributed by atoms with Crippen LogP contribution in [0.3, 0.4) is 0 Å². The molecule has 0 saturated carbocycles. The van der Waals surface area contributed by atoms with Gasteiger partial charge in [-0.2, -0.15) is 13.2 Å². The van der Waals surface area contributed by atoms with Crippen LogP contribution in [0.5, 0.6) is 0 Å². The van der Waals surface area contributed by atoms with Gasteiger partial charge in [0.1, 0.15) is 0 Å². The van der Waals surface area contributed by atoms with Crippen LogP contribution in [-0.4, -0.2) is 35.2 Å². The Kier molecular flexibility index (Phi) is 6.68. The topological polar surface area (TPSA) is 40.5 Å². The second kappa shape index (κ2) is 7.19. The lowest BCUT2D eigenvalue weighted by Crippen LogP contribution is -2.21. The molecule has 100 valence electrons. The van der Waals surface area contributed by atoms with Gasteiger partial charge in [-0.25, -0.2) is 4.79 Å². The van der Waals surface area contributed by atoms with Gasteiger partial charge in [0.15, 0.2) is 0 Å². The number of rotatable bonds is 3. The summed E-state index contributed by atoms with van der Waals surface area (Å²) in [5.41, 5.74) is 1.56. The summed E-state index contributed by atoms with van der Waals surface area (Å²) in [7, 11) is 0. The summed E-state index contributed by atoms with van der Waals surface area (Å²) < 4.78 is 31.7. The van der Waals surface area contributed by atoms with E-state index in [1.807, 2.05) is 0 Å². The predicted molar refractivity (Wildman–Crippen MR) is 58.5 cm³/mol. The van der Waals surface area contributed by atoms with Crippen LogP contribution in [0.2, 0.25) is 0 Å². The fraction of sp³-hybridized carbons (Fsp3) is 0.727. The number of hydrogen-bond donors (Lipinski definition) is 1. The first-order valence-electron chi connectivity index (χ1n) is 5.57. The van der Waals surface area contributed by atoms with Gasteiger partial charge in [0, 0.05) is 18.8 Å². The fourth-order valence-electron chi connectivity index (χ4n) is 1.55. The minimum absolute atomic E-state index is 1.21. The van der Waals surface area contributed by atoms with Gasteiger partial charge in [0.05, 0.1) is 0 Å². The number of carbonyl (C=O) groups is 1. The van der Waals surface area contributed by atoms with Crippen LogP contribution in [0.4, 0.5) is 13.2 Å². The lowest BCUT2D eigenvalue weighted by atomic mass is 10.3. The van der Waals surface area contributed by atoms with Gasteiger partial charge in [0.2, 0.25) is 0 Å². The molecule has 0 spiro atoms. The number of aliphatic carboxylic acids is 1. The summed E-state index contributed by atoms with van der Waals surface area (Å²) in [5, 5.41) is 7.12. The molecule has 0 bridgehead atoms. The van der Waals surface area contributed by atoms with Crippen molar-refractivity contribution in [3.05, 3.63) is 11.8 Å². The molecule has 1 heterocycles. The third kappa shape index (κ3) is 6.19. The number of nitrogens with zero attached hydrogens (tertiary/aromatic N) is 1. The Morgan fingerprint density at radius 2 is 2.00 bits per heavy atom. The highest BCUT2D eigenvalue weighted by molar-refractivity contribution is 5.73. The number of alkyl halides is 3. The molecule has 1 N–H and O–H groups in total. The van der Waals surface area contributed by atoms with Crippen LogP contribution in [0.25, 0.3) is 0 Å². The van der Waals surface area contributed by atoms with Gasteiger partial charge in [0.25, 0.3) is 0 Å². The zero-order valence-electron chi connectivity index (χ0n) is 10.0. The number of allylic oxidation sites excluding steroid dienone is 1. The van der Waals surface area contributed by atoms with E-state index in [-0.39, 0.29) is 0 Å². The van der Waals surface area contributed by atoms with E-state index >= 15 is 0 Å². The third-order valence-corrected chi connectivity index (χ3v) is 2.28. The quantitative estimate of drug-likeness (QED) is 0.840. The van der Waals surface area contributed by atoms with Crippen LogP contribution in [0.15, 0.2) is 11.8 Å². The molecular weight excluding hydrogens is 235 g/mol. The van der Waals surface area contributed by atoms with Crippen LogP contribution in [-0.2, 0) is 4.79 Å². The summed E-state index contributed by atoms with van der Waals surface area (Å²) in [4.78, 5) is 11.4. The molecule has 0 atom stereocenters. The second-order valence-corrected chi connectivity index (χ2v) is 3.63. The van der Waals surface area contributed by atoms with Crippen LogP contribution in [0.1, 0.15) is 33.1 Å². The Bertz CT molecular complexity index is 274. The van der Waals surface area contributed by atoms with Crippen molar-refractivity contribution in [2.45, 2.75) is 39.3 Å². The van der Waals surface area contributed by atoms with Crippen molar-refractivity contribution in [3.63, 3.8) is 0 Å². The second-order valence-electron chi connectivity index (χ2n) is 3.63. The summed E-state index contributed by atoms with van der Waals surface area (Å²) in [6.07, 6.45) is 1.04. The standard InChI is InChI=1S/C9H17N.C2HF3O2/c1-3-7-10-8-5-6-9(10)4-2;3-2(4,5)1(6)7/h6H,3-5,7-8H2,1-2H3;(H,6,7). The molecule has 0 unspecified atom stereocenters. The molecule has 0 aromatic heterocycles. The summed E-state index contributed by atoms with van der Waals surface area (Å²) in [5.74, 6) is -2.76. The molecule has 0 aromatic carbocycles. The van der Waals surface area contributed by atoms with E-state index in [1.165, 1.54) is 32.4 Å². The molecule has 1 aliphatic rings. The minimum Gasteiger partial charge on any atom is -0.475 e. The number of halogens is 3. The first-order chi connectivity index (χ1) is 7.82. The maximum atomic E-state index is 10.6. The average Bonchev–Trinajstić information content (AvgIpc) is 2.65. The minimum atomic E-state index is -5.08. The summed E-state index contributed by atoms with van der Waals surface area (Å²) in [6.45, 7) is 6.99. The SMILES string of the molecule is CCCN1CCC=C1CC.O=C(O)C(F)(F)F. The van der Waals surface area contributed by atoms with Gasteiger partial charge >= 0.3 is 12.1 Å². The lowest BCUT2D eigenvalue weighted by molar-refractivity contribution is -0.192. The van der Waals surface area contributed by atoms with Crippen molar-refractivity contribution in [2.24, 2.45) is 0 Å². The van der Waals surface area contributed by atoms with Crippen LogP contribution in [0, 0.1) is 0 Å². The van der Waals surface area contributed by atoms with Gasteiger partial charge in [-0.3, -0.25) is 0 Å². The van der Waals surface area contributed by atoms with E-state index in [0.29, 0.717) is 0 Å². The zero-order chi connectivity index (χ0) is 13.5. The molecule has 0 radical (unpaired) electrons. The van der Waals surface area contributed by atoms with Gasteiger partial charge in [-0.05, 0) is 19.3 Å². The average molecular weight is 253 g/mol. The zero-order valence-corrected chi connectivity index (χ0v) is 10.0. The summed E-state index contributed by atoms with van der Waals surface area (Å²) >= 11 is 0. The Morgan fingerprint density at radius 3 is 2.35 bits per heavy atom. The molecule has 0 fully saturated rings. The highest BCUT2D eigenvalue weighted by Gasteiger charge is 2.38. The molecule has 0 saturated heterocycles. The highest BCUT2D eigenvalue weighted by atomic mass is 19.4. The van der Waals surface area contributed by atoms with E-state index in [1.54, 1.807) is 5.70 Å². The van der Waals surface area contributed by atoms with E-state index in [9.17, 15) is 13.2 Å². The number of carboxylic acids is 1. The molecule has 1 rings (SSSR count). The van der Waals surface area contributed by atoms with E-state index in [0.717, 1.165) is 0 Å². The molecular formula is C11H18F3NO2. The fourth-order valence-corrected chi connectivity index (χ4v) is 1.55. The molecule has 17 heavy (non-hydrogen) atoms. The normalized spacial score (nSPS) is 15.1. The van der Waals surface area contributed by atoms with Gasteiger partial charge in [-0.1, -0.05) is 19.9 Å². The van der Waals surface area contributed by atoms with Crippen LogP contribution >= 0.6 is 0 Å². The van der Waals surface area contributed by atoms with Crippen molar-refractivity contribution in [1.82, 2.24) is 4.90 Å². The number of carboxylic acid groups (broad SMARTS) is 1. The predicted octanol–water partition coefficient (Wildman–Crippen LogP) is 3.03. The number of hydrogen-bond acceptors (Lipinski definition) is 2. The molecule has 6 heteroatoms. The molecule has 0 aromatic rings. The largest absolute Gasteiger partial charge is 0.490 e. The van der Waals surface area contributed by atoms with Crippen molar-refractivity contribution >= 4 is 5.97 Å². The van der Waals surface area contributed by atoms with Crippen molar-refractivity contribution in [2.75, 3.05) is 13.1 Å². The first-order valence-corrected chi connectivity index (χ1v) is 5.57. The Balaban J connectivity index is 0.000000325. The van der Waals surface area contributed by atoms with E-state index in [4.69, 9.17) is 9.90 Å². The van der Waals surface area contributed by atoms with Crippen LogP contribution < -0.4 is 0 Å². The highest BCUT2D eigenvalue weighted by Crippen LogP contribution is 2.17. The Labute approximate surface area is 98.9 Å². The molecule has 0 aliphatic carbocycles.